The van der Waals surface area contributed by atoms with Gasteiger partial charge >= 0.3 is 12.1 Å². The van der Waals surface area contributed by atoms with Gasteiger partial charge in [-0.3, -0.25) is 0 Å². The van der Waals surface area contributed by atoms with E-state index in [-0.39, 0.29) is 11.3 Å². The Bertz CT molecular complexity index is 1250. The molecule has 0 radical (unpaired) electrons. The maximum atomic E-state index is 15.3. The lowest BCUT2D eigenvalue weighted by Crippen LogP contribution is -2.47. The van der Waals surface area contributed by atoms with Gasteiger partial charge in [0.1, 0.15) is 5.69 Å². The number of ether oxygens (including phenoxy) is 1. The summed E-state index contributed by atoms with van der Waals surface area (Å²) in [6, 6.07) is 19.0. The van der Waals surface area contributed by atoms with Gasteiger partial charge in [0.25, 0.3) is 0 Å². The molecule has 1 saturated heterocycles. The number of carbonyl (C=O) groups is 1. The third-order valence-corrected chi connectivity index (χ3v) is 6.69. The van der Waals surface area contributed by atoms with Crippen LogP contribution in [0.15, 0.2) is 77.8 Å². The first-order chi connectivity index (χ1) is 17.0. The topological polar surface area (TPSA) is 58.9 Å². The average molecular weight is 503 g/mol. The van der Waals surface area contributed by atoms with Crippen LogP contribution in [0.4, 0.5) is 27.6 Å². The van der Waals surface area contributed by atoms with E-state index in [4.69, 9.17) is 4.74 Å². The van der Waals surface area contributed by atoms with Crippen molar-refractivity contribution in [2.75, 3.05) is 0 Å². The molecular weight excluding hydrogens is 481 g/mol. The smallest absolute Gasteiger partial charge is 0.417 e. The number of hydrogen-bond donors (Lipinski definition) is 1. The zero-order valence-electron chi connectivity index (χ0n) is 19.3. The van der Waals surface area contributed by atoms with Crippen molar-refractivity contribution in [2.45, 2.75) is 37.6 Å². The lowest BCUT2D eigenvalue weighted by molar-refractivity contribution is -0.273. The number of aliphatic carboxylic acids is 1. The van der Waals surface area contributed by atoms with E-state index in [0.29, 0.717) is 11.1 Å². The van der Waals surface area contributed by atoms with Crippen LogP contribution in [0.25, 0.3) is 0 Å². The molecule has 1 aliphatic heterocycles. The Morgan fingerprint density at radius 1 is 0.944 bits per heavy atom. The summed E-state index contributed by atoms with van der Waals surface area (Å²) in [6.07, 6.45) is -6.86. The molecule has 1 fully saturated rings. The third-order valence-electron chi connectivity index (χ3n) is 6.69. The predicted molar refractivity (Wildman–Crippen MR) is 123 cm³/mol. The van der Waals surface area contributed by atoms with Crippen LogP contribution in [0, 0.1) is 17.6 Å². The lowest BCUT2D eigenvalue weighted by atomic mass is 9.77. The van der Waals surface area contributed by atoms with Gasteiger partial charge in [-0.25, -0.2) is 18.6 Å². The summed E-state index contributed by atoms with van der Waals surface area (Å²) in [5, 5.41) is 9.72. The normalized spacial score (nSPS) is 23.9. The van der Waals surface area contributed by atoms with E-state index in [9.17, 15) is 27.5 Å². The number of carboxylic acids is 1. The second kappa shape index (κ2) is 9.46. The molecule has 1 N–H and O–H groups in total. The largest absolute Gasteiger partial charge is 0.479 e. The monoisotopic (exact) mass is 503 g/mol. The Hall–Kier alpha value is -3.59. The van der Waals surface area contributed by atoms with Gasteiger partial charge in [0.2, 0.25) is 0 Å². The van der Waals surface area contributed by atoms with Crippen molar-refractivity contribution in [1.29, 1.82) is 0 Å². The van der Waals surface area contributed by atoms with Crippen LogP contribution in [0.1, 0.15) is 36.5 Å². The lowest BCUT2D eigenvalue weighted by Gasteiger charge is -2.31. The molecular formula is C27H22F5NO3. The van der Waals surface area contributed by atoms with Crippen LogP contribution >= 0.6 is 0 Å². The maximum absolute atomic E-state index is 15.3. The van der Waals surface area contributed by atoms with Gasteiger partial charge < -0.3 is 9.84 Å². The van der Waals surface area contributed by atoms with Gasteiger partial charge in [0.15, 0.2) is 23.3 Å². The number of rotatable bonds is 5. The van der Waals surface area contributed by atoms with E-state index in [1.807, 2.05) is 0 Å². The molecule has 3 aromatic carbocycles. The summed E-state index contributed by atoms with van der Waals surface area (Å²) in [4.78, 5) is 16.4. The van der Waals surface area contributed by atoms with E-state index < -0.39 is 53.0 Å². The Kier molecular flexibility index (Phi) is 6.70. The average Bonchev–Trinajstić information content (AvgIpc) is 3.13. The molecule has 0 amide bonds. The van der Waals surface area contributed by atoms with Crippen LogP contribution < -0.4 is 0 Å². The Labute approximate surface area is 204 Å². The minimum Gasteiger partial charge on any atom is -0.479 e. The Morgan fingerprint density at radius 2 is 1.47 bits per heavy atom. The van der Waals surface area contributed by atoms with Gasteiger partial charge in [-0.05, 0) is 18.6 Å². The second-order valence-electron chi connectivity index (χ2n) is 8.79. The fraction of sp³-hybridized carbons (Fsp3) is 0.259. The minimum absolute atomic E-state index is 0.189. The van der Waals surface area contributed by atoms with E-state index in [2.05, 4.69) is 4.99 Å². The number of hydrogen-bond acceptors (Lipinski definition) is 3. The molecule has 9 heteroatoms. The van der Waals surface area contributed by atoms with Crippen LogP contribution in [0.3, 0.4) is 0 Å². The minimum atomic E-state index is -4.91. The van der Waals surface area contributed by atoms with E-state index in [1.54, 1.807) is 60.7 Å². The highest BCUT2D eigenvalue weighted by Gasteiger charge is 2.66. The predicted octanol–water partition coefficient (Wildman–Crippen LogP) is 6.66. The highest BCUT2D eigenvalue weighted by molar-refractivity contribution is 6.14. The SMILES string of the molecule is C[C@H]1[C@@H](c2ccc(F)c(F)c2N=C(c2ccccc2)c2ccccc2)[C@H](C(=O)O)O[C@@]1(C)C(F)(F)F. The van der Waals surface area contributed by atoms with Crippen molar-refractivity contribution < 1.29 is 36.6 Å². The van der Waals surface area contributed by atoms with E-state index >= 15 is 4.39 Å². The molecule has 3 aromatic rings. The third kappa shape index (κ3) is 4.39. The van der Waals surface area contributed by atoms with Crippen molar-refractivity contribution >= 4 is 17.4 Å². The number of nitrogens with zero attached hydrogens (tertiary/aromatic N) is 1. The number of alkyl halides is 3. The number of carboxylic acid groups (broad SMARTS) is 1. The van der Waals surface area contributed by atoms with E-state index in [0.717, 1.165) is 19.1 Å². The number of benzene rings is 3. The van der Waals surface area contributed by atoms with Crippen LogP contribution in [-0.2, 0) is 9.53 Å². The molecule has 4 nitrogen and oxygen atoms in total. The molecule has 1 aliphatic rings. The molecule has 36 heavy (non-hydrogen) atoms. The van der Waals surface area contributed by atoms with Crippen molar-refractivity contribution in [3.05, 3.63) is 101 Å². The van der Waals surface area contributed by atoms with Crippen LogP contribution in [0.2, 0.25) is 0 Å². The molecule has 0 aliphatic carbocycles. The summed E-state index contributed by atoms with van der Waals surface area (Å²) in [6.45, 7) is 1.95. The van der Waals surface area contributed by atoms with Crippen molar-refractivity contribution in [2.24, 2.45) is 10.9 Å². The Morgan fingerprint density at radius 3 is 1.94 bits per heavy atom. The first-order valence-corrected chi connectivity index (χ1v) is 11.1. The van der Waals surface area contributed by atoms with Gasteiger partial charge in [0, 0.05) is 23.0 Å². The molecule has 4 atom stereocenters. The van der Waals surface area contributed by atoms with Gasteiger partial charge in [-0.2, -0.15) is 13.2 Å². The highest BCUT2D eigenvalue weighted by atomic mass is 19.4. The van der Waals surface area contributed by atoms with Gasteiger partial charge in [0.05, 0.1) is 5.71 Å². The quantitative estimate of drug-likeness (QED) is 0.313. The molecule has 0 saturated carbocycles. The highest BCUT2D eigenvalue weighted by Crippen LogP contribution is 2.54. The molecule has 188 valence electrons. The summed E-state index contributed by atoms with van der Waals surface area (Å²) in [7, 11) is 0. The first kappa shape index (κ1) is 25.5. The molecule has 0 bridgehead atoms. The Balaban J connectivity index is 1.97. The molecule has 0 aromatic heterocycles. The summed E-state index contributed by atoms with van der Waals surface area (Å²) >= 11 is 0. The standard InChI is InChI=1S/C27H22F5NO3/c1-15-20(24(25(34)35)36-26(15,2)27(30,31)32)18-13-14-19(28)21(29)23(18)33-22(16-9-5-3-6-10-16)17-11-7-4-8-12-17/h3-15,20,24H,1-2H3,(H,34,35)/t15-,20-,24+,26+/m0/s1. The maximum Gasteiger partial charge on any atom is 0.417 e. The molecule has 0 spiro atoms. The zero-order chi connectivity index (χ0) is 26.3. The molecule has 0 unspecified atom stereocenters. The van der Waals surface area contributed by atoms with Gasteiger partial charge in [-0.1, -0.05) is 73.7 Å². The van der Waals surface area contributed by atoms with Crippen LogP contribution in [0.5, 0.6) is 0 Å². The zero-order valence-corrected chi connectivity index (χ0v) is 19.3. The molecule has 1 heterocycles. The second-order valence-corrected chi connectivity index (χ2v) is 8.79. The van der Waals surface area contributed by atoms with Gasteiger partial charge in [-0.15, -0.1) is 0 Å². The number of aliphatic imine (C=N–C) groups is 1. The number of halogens is 5. The van der Waals surface area contributed by atoms with Crippen molar-refractivity contribution in [3.63, 3.8) is 0 Å². The summed E-state index contributed by atoms with van der Waals surface area (Å²) in [5.74, 6) is -7.22. The fourth-order valence-corrected chi connectivity index (χ4v) is 4.55. The summed E-state index contributed by atoms with van der Waals surface area (Å²) < 4.78 is 76.6. The van der Waals surface area contributed by atoms with Crippen molar-refractivity contribution in [1.82, 2.24) is 0 Å². The molecule has 4 rings (SSSR count). The summed E-state index contributed by atoms with van der Waals surface area (Å²) in [5.41, 5.74) is -2.26. The fourth-order valence-electron chi connectivity index (χ4n) is 4.55. The first-order valence-electron chi connectivity index (χ1n) is 11.1. The van der Waals surface area contributed by atoms with Crippen molar-refractivity contribution in [3.8, 4) is 0 Å². The van der Waals surface area contributed by atoms with E-state index in [1.165, 1.54) is 6.92 Å². The van der Waals surface area contributed by atoms with Crippen LogP contribution in [-0.4, -0.2) is 34.7 Å².